The quantitative estimate of drug-likeness (QED) is 0.658. The number of aromatic nitrogens is 1. The van der Waals surface area contributed by atoms with Crippen molar-refractivity contribution in [1.82, 2.24) is 4.98 Å². The fourth-order valence-electron chi connectivity index (χ4n) is 3.29. The van der Waals surface area contributed by atoms with E-state index in [0.29, 0.717) is 5.56 Å². The van der Waals surface area contributed by atoms with Crippen molar-refractivity contribution in [2.24, 2.45) is 0 Å². The summed E-state index contributed by atoms with van der Waals surface area (Å²) in [7, 11) is 0. The normalized spacial score (nSPS) is 12.9. The Bertz CT molecular complexity index is 948. The number of hydrogen-bond acceptors (Lipinski definition) is 5. The van der Waals surface area contributed by atoms with Crippen LogP contribution >= 0.6 is 0 Å². The highest BCUT2D eigenvalue weighted by atomic mass is 16.4. The smallest absolute Gasteiger partial charge is 0.342 e. The van der Waals surface area contributed by atoms with Crippen molar-refractivity contribution < 1.29 is 19.8 Å². The molecule has 0 saturated carbocycles. The van der Waals surface area contributed by atoms with Crippen LogP contribution in [-0.4, -0.2) is 40.2 Å². The summed E-state index contributed by atoms with van der Waals surface area (Å²) in [5.74, 6) is -3.27. The second kappa shape index (κ2) is 5.97. The molecule has 3 rings (SSSR count). The minimum absolute atomic E-state index is 0.168. The second-order valence-electron chi connectivity index (χ2n) is 5.78. The average Bonchev–Trinajstić information content (AvgIpc) is 2.95. The molecule has 0 atom stereocenters. The Balaban J connectivity index is 2.32. The maximum atomic E-state index is 12.1. The van der Waals surface area contributed by atoms with Crippen molar-refractivity contribution in [3.63, 3.8) is 0 Å². The van der Waals surface area contributed by atoms with E-state index in [1.807, 2.05) is 13.0 Å². The maximum absolute atomic E-state index is 12.1. The maximum Gasteiger partial charge on any atom is 0.342 e. The topological polar surface area (TPSA) is 137 Å². The summed E-state index contributed by atoms with van der Waals surface area (Å²) in [6, 6.07) is 5.17. The van der Waals surface area contributed by atoms with E-state index >= 15 is 0 Å². The SMILES string of the molecule is CCN1CCc2cc(-c3c(C(=O)O)c(N)[nH]c(=O)c3C(=O)O)ccc21. The molecule has 2 aromatic rings. The van der Waals surface area contributed by atoms with Crippen LogP contribution < -0.4 is 16.2 Å². The molecule has 8 nitrogen and oxygen atoms in total. The van der Waals surface area contributed by atoms with E-state index in [1.54, 1.807) is 12.1 Å². The predicted molar refractivity (Wildman–Crippen MR) is 92.4 cm³/mol. The Morgan fingerprint density at radius 1 is 1.24 bits per heavy atom. The number of aromatic carboxylic acids is 2. The molecule has 25 heavy (non-hydrogen) atoms. The summed E-state index contributed by atoms with van der Waals surface area (Å²) < 4.78 is 0. The number of rotatable bonds is 4. The van der Waals surface area contributed by atoms with Crippen LogP contribution in [0.15, 0.2) is 23.0 Å². The first-order valence-electron chi connectivity index (χ1n) is 7.75. The van der Waals surface area contributed by atoms with Crippen molar-refractivity contribution in [1.29, 1.82) is 0 Å². The molecule has 0 radical (unpaired) electrons. The third-order valence-electron chi connectivity index (χ3n) is 4.41. The number of anilines is 2. The van der Waals surface area contributed by atoms with Gasteiger partial charge in [-0.05, 0) is 36.6 Å². The summed E-state index contributed by atoms with van der Waals surface area (Å²) >= 11 is 0. The van der Waals surface area contributed by atoms with Crippen molar-refractivity contribution in [3.8, 4) is 11.1 Å². The number of fused-ring (bicyclic) bond motifs is 1. The highest BCUT2D eigenvalue weighted by molar-refractivity contribution is 6.07. The number of pyridine rings is 1. The summed E-state index contributed by atoms with van der Waals surface area (Å²) in [5.41, 5.74) is 5.86. The molecule has 0 spiro atoms. The molecular weight excluding hydrogens is 326 g/mol. The minimum Gasteiger partial charge on any atom is -0.478 e. The lowest BCUT2D eigenvalue weighted by Crippen LogP contribution is -2.24. The molecule has 0 unspecified atom stereocenters. The fourth-order valence-corrected chi connectivity index (χ4v) is 3.29. The molecule has 0 fully saturated rings. The molecule has 5 N–H and O–H groups in total. The molecule has 1 aromatic heterocycles. The molecular formula is C17H17N3O5. The number of benzene rings is 1. The molecule has 0 amide bonds. The lowest BCUT2D eigenvalue weighted by Gasteiger charge is -2.17. The Morgan fingerprint density at radius 3 is 2.52 bits per heavy atom. The first kappa shape index (κ1) is 16.6. The van der Waals surface area contributed by atoms with Crippen molar-refractivity contribution in [3.05, 3.63) is 45.2 Å². The van der Waals surface area contributed by atoms with Gasteiger partial charge in [0.25, 0.3) is 5.56 Å². The Labute approximate surface area is 142 Å². The summed E-state index contributed by atoms with van der Waals surface area (Å²) in [6.45, 7) is 3.71. The Hall–Kier alpha value is -3.29. The van der Waals surface area contributed by atoms with Gasteiger partial charge in [-0.3, -0.25) is 4.79 Å². The second-order valence-corrected chi connectivity index (χ2v) is 5.78. The molecule has 0 bridgehead atoms. The first-order valence-corrected chi connectivity index (χ1v) is 7.75. The van der Waals surface area contributed by atoms with E-state index < -0.39 is 28.6 Å². The van der Waals surface area contributed by atoms with Crippen molar-refractivity contribution in [2.45, 2.75) is 13.3 Å². The van der Waals surface area contributed by atoms with E-state index in [2.05, 4.69) is 9.88 Å². The lowest BCUT2D eigenvalue weighted by atomic mass is 9.93. The van der Waals surface area contributed by atoms with Gasteiger partial charge in [-0.2, -0.15) is 0 Å². The van der Waals surface area contributed by atoms with Crippen molar-refractivity contribution in [2.75, 3.05) is 23.7 Å². The lowest BCUT2D eigenvalue weighted by molar-refractivity contribution is 0.0695. The van der Waals surface area contributed by atoms with Gasteiger partial charge in [0.1, 0.15) is 16.9 Å². The number of carboxylic acids is 2. The van der Waals surface area contributed by atoms with Crippen LogP contribution in [0.2, 0.25) is 0 Å². The van der Waals surface area contributed by atoms with E-state index in [0.717, 1.165) is 30.8 Å². The summed E-state index contributed by atoms with van der Waals surface area (Å²) in [5, 5.41) is 18.9. The number of likely N-dealkylation sites (N-methyl/N-ethyl adjacent to an activating group) is 1. The van der Waals surface area contributed by atoms with E-state index in [4.69, 9.17) is 5.73 Å². The number of H-pyrrole nitrogens is 1. The van der Waals surface area contributed by atoms with Crippen LogP contribution in [0.25, 0.3) is 11.1 Å². The van der Waals surface area contributed by atoms with Crippen LogP contribution in [-0.2, 0) is 6.42 Å². The zero-order chi connectivity index (χ0) is 18.3. The summed E-state index contributed by atoms with van der Waals surface area (Å²) in [4.78, 5) is 39.5. The number of carboxylic acid groups (broad SMARTS) is 2. The highest BCUT2D eigenvalue weighted by Gasteiger charge is 2.27. The van der Waals surface area contributed by atoms with Gasteiger partial charge in [-0.1, -0.05) is 6.07 Å². The third kappa shape index (κ3) is 2.61. The number of carbonyl (C=O) groups is 2. The third-order valence-corrected chi connectivity index (χ3v) is 4.41. The number of nitrogens with zero attached hydrogens (tertiary/aromatic N) is 1. The average molecular weight is 343 g/mol. The van der Waals surface area contributed by atoms with Crippen LogP contribution in [0.4, 0.5) is 11.5 Å². The van der Waals surface area contributed by atoms with Gasteiger partial charge in [-0.25, -0.2) is 9.59 Å². The first-order chi connectivity index (χ1) is 11.8. The number of nitrogens with two attached hydrogens (primary N) is 1. The zero-order valence-corrected chi connectivity index (χ0v) is 13.5. The minimum atomic E-state index is -1.51. The van der Waals surface area contributed by atoms with Gasteiger partial charge in [-0.15, -0.1) is 0 Å². The molecule has 2 heterocycles. The number of nitrogens with one attached hydrogen (secondary N) is 1. The van der Waals surface area contributed by atoms with Gasteiger partial charge in [0.2, 0.25) is 0 Å². The molecule has 1 aliphatic heterocycles. The monoisotopic (exact) mass is 343 g/mol. The number of hydrogen-bond donors (Lipinski definition) is 4. The molecule has 1 aromatic carbocycles. The van der Waals surface area contributed by atoms with E-state index in [-0.39, 0.29) is 11.4 Å². The van der Waals surface area contributed by atoms with Gasteiger partial charge >= 0.3 is 11.9 Å². The molecule has 8 heteroatoms. The van der Waals surface area contributed by atoms with Crippen LogP contribution in [0, 0.1) is 0 Å². The van der Waals surface area contributed by atoms with Gasteiger partial charge in [0.05, 0.1) is 0 Å². The van der Waals surface area contributed by atoms with Gasteiger partial charge in [0.15, 0.2) is 0 Å². The van der Waals surface area contributed by atoms with Crippen molar-refractivity contribution >= 4 is 23.4 Å². The van der Waals surface area contributed by atoms with Crippen LogP contribution in [0.5, 0.6) is 0 Å². The standard InChI is InChI=1S/C17H17N3O5/c1-2-20-6-5-8-7-9(3-4-10(8)20)11-12(16(22)23)14(18)19-15(21)13(11)17(24)25/h3-4,7H,2,5-6H2,1H3,(H,22,23)(H,24,25)(H3,18,19,21). The predicted octanol–water partition coefficient (Wildman–Crippen LogP) is 1.40. The summed E-state index contributed by atoms with van der Waals surface area (Å²) in [6.07, 6.45) is 0.764. The highest BCUT2D eigenvalue weighted by Crippen LogP contribution is 2.35. The molecule has 130 valence electrons. The van der Waals surface area contributed by atoms with Gasteiger partial charge in [0, 0.05) is 24.3 Å². The largest absolute Gasteiger partial charge is 0.478 e. The van der Waals surface area contributed by atoms with Crippen LogP contribution in [0.3, 0.4) is 0 Å². The Morgan fingerprint density at radius 2 is 1.92 bits per heavy atom. The van der Waals surface area contributed by atoms with Crippen LogP contribution in [0.1, 0.15) is 33.2 Å². The fraction of sp³-hybridized carbons (Fsp3) is 0.235. The van der Waals surface area contributed by atoms with Gasteiger partial charge < -0.3 is 25.8 Å². The van der Waals surface area contributed by atoms with E-state index in [1.165, 1.54) is 0 Å². The molecule has 0 saturated heterocycles. The number of aromatic amines is 1. The molecule has 1 aliphatic rings. The Kier molecular flexibility index (Phi) is 3.96. The number of nitrogen functional groups attached to an aromatic ring is 1. The van der Waals surface area contributed by atoms with E-state index in [9.17, 15) is 24.6 Å². The zero-order valence-electron chi connectivity index (χ0n) is 13.5. The molecule has 0 aliphatic carbocycles.